The average molecular weight is 821 g/mol. The third-order valence-electron chi connectivity index (χ3n) is 11.8. The van der Waals surface area contributed by atoms with Gasteiger partial charge in [0.2, 0.25) is 5.78 Å². The first-order valence-electron chi connectivity index (χ1n) is 19.7. The maximum absolute atomic E-state index is 14.6. The molecule has 4 aliphatic heterocycles. The molecule has 1 fully saturated rings. The molecule has 4 N–H and O–H groups in total. The lowest BCUT2D eigenvalue weighted by atomic mass is 9.78. The number of ketones is 3. The summed E-state index contributed by atoms with van der Waals surface area (Å²) in [7, 11) is 3.39. The zero-order valence-electron chi connectivity index (χ0n) is 35.3. The highest BCUT2D eigenvalue weighted by Crippen LogP contribution is 2.48. The van der Waals surface area contributed by atoms with Gasteiger partial charge in [0, 0.05) is 81.9 Å². The number of rotatable bonds is 4. The summed E-state index contributed by atoms with van der Waals surface area (Å²) in [5, 5.41) is 43.1. The number of allylic oxidation sites excluding steroid dienone is 4. The zero-order valence-corrected chi connectivity index (χ0v) is 35.3. The van der Waals surface area contributed by atoms with E-state index in [1.807, 2.05) is 7.05 Å². The van der Waals surface area contributed by atoms with Crippen molar-refractivity contribution in [2.45, 2.75) is 85.6 Å². The molecule has 0 spiro atoms. The van der Waals surface area contributed by atoms with Gasteiger partial charge in [-0.2, -0.15) is 5.10 Å². The summed E-state index contributed by atoms with van der Waals surface area (Å²) >= 11 is 0. The monoisotopic (exact) mass is 820 g/mol. The molecule has 0 radical (unpaired) electrons. The molecule has 1 saturated heterocycles. The standard InChI is InChI=1S/C43H56N4O12/c1-21-12-11-13-22(2)42(55)45-33-28(20-44-47-17-15-46(9)16-18-47)37(52)30-31(38(33)53)36(51)26(6)40-32(30)41(54)43(8,59-40)57-19-14-29(56-10)23(3)39(58-27(7)48)25(5)35(50)24(4)34(21)49/h11-14,19-21,23-25,29,34-35,39,49-51H,15-18H2,1-10H3,(H,45,55)/b12-11+,19-14+,22-13+,44-20+/t21-,23+,24+,25+,29-,34-,35+,39+,43-/m0/s1. The van der Waals surface area contributed by atoms with Gasteiger partial charge in [-0.3, -0.25) is 29.0 Å². The summed E-state index contributed by atoms with van der Waals surface area (Å²) in [6.07, 6.45) is 4.56. The number of aliphatic hydroxyl groups is 2. The second-order valence-corrected chi connectivity index (χ2v) is 16.1. The Morgan fingerprint density at radius 2 is 1.61 bits per heavy atom. The minimum absolute atomic E-state index is 0.0118. The molecule has 6 rings (SSSR count). The highest BCUT2D eigenvalue weighted by atomic mass is 16.7. The lowest BCUT2D eigenvalue weighted by Gasteiger charge is -2.38. The first-order valence-corrected chi connectivity index (χ1v) is 19.7. The number of phenolic OH excluding ortho intramolecular Hbond substituents is 1. The number of esters is 1. The summed E-state index contributed by atoms with van der Waals surface area (Å²) < 4.78 is 23.5. The number of piperazine rings is 1. The molecule has 1 amide bonds. The maximum atomic E-state index is 14.6. The van der Waals surface area contributed by atoms with Gasteiger partial charge in [-0.25, -0.2) is 0 Å². The molecule has 59 heavy (non-hydrogen) atoms. The summed E-state index contributed by atoms with van der Waals surface area (Å²) in [5.74, 6) is -9.34. The number of fused-ring (bicyclic) bond motifs is 14. The molecule has 0 aromatic heterocycles. The van der Waals surface area contributed by atoms with E-state index in [1.54, 1.807) is 44.9 Å². The van der Waals surface area contributed by atoms with Crippen molar-refractivity contribution in [2.75, 3.05) is 40.3 Å². The number of nitrogens with zero attached hydrogens (tertiary/aromatic N) is 3. The van der Waals surface area contributed by atoms with Crippen molar-refractivity contribution in [1.82, 2.24) is 15.2 Å². The molecule has 0 unspecified atom stereocenters. The van der Waals surface area contributed by atoms with Crippen LogP contribution in [0.15, 0.2) is 52.5 Å². The van der Waals surface area contributed by atoms with Gasteiger partial charge in [0.25, 0.3) is 11.7 Å². The Hall–Kier alpha value is -5.16. The number of amides is 1. The average Bonchev–Trinajstić information content (AvgIpc) is 3.46. The van der Waals surface area contributed by atoms with Gasteiger partial charge in [0.15, 0.2) is 5.78 Å². The molecule has 0 saturated carbocycles. The van der Waals surface area contributed by atoms with Crippen LogP contribution in [0.1, 0.15) is 85.1 Å². The van der Waals surface area contributed by atoms with E-state index in [1.165, 1.54) is 59.4 Å². The van der Waals surface area contributed by atoms with Crippen LogP contribution in [-0.2, 0) is 23.8 Å². The van der Waals surface area contributed by atoms with E-state index in [-0.39, 0.29) is 28.0 Å². The molecule has 1 aliphatic carbocycles. The van der Waals surface area contributed by atoms with E-state index in [0.717, 1.165) is 0 Å². The highest BCUT2D eigenvalue weighted by molar-refractivity contribution is 6.37. The van der Waals surface area contributed by atoms with E-state index in [9.17, 15) is 39.3 Å². The quantitative estimate of drug-likeness (QED) is 0.254. The minimum atomic E-state index is -2.09. The van der Waals surface area contributed by atoms with Crippen molar-refractivity contribution < 1.29 is 58.2 Å². The second kappa shape index (κ2) is 18.0. The van der Waals surface area contributed by atoms with Gasteiger partial charge in [-0.05, 0) is 27.0 Å². The van der Waals surface area contributed by atoms with Gasteiger partial charge in [-0.15, -0.1) is 0 Å². The summed E-state index contributed by atoms with van der Waals surface area (Å²) in [4.78, 5) is 71.6. The summed E-state index contributed by atoms with van der Waals surface area (Å²) in [6, 6.07) is 0. The normalized spacial score (nSPS) is 33.3. The van der Waals surface area contributed by atoms with Crippen molar-refractivity contribution in [3.05, 3.63) is 69.7 Å². The number of phenols is 1. The molecular formula is C43H56N4O12. The van der Waals surface area contributed by atoms with Crippen molar-refractivity contribution in [3.63, 3.8) is 0 Å². The third-order valence-corrected chi connectivity index (χ3v) is 11.8. The van der Waals surface area contributed by atoms with Crippen LogP contribution in [0.2, 0.25) is 0 Å². The molecule has 1 aromatic rings. The van der Waals surface area contributed by atoms with Crippen LogP contribution in [-0.4, -0.2) is 131 Å². The predicted octanol–water partition coefficient (Wildman–Crippen LogP) is 3.23. The van der Waals surface area contributed by atoms with Crippen LogP contribution in [0.3, 0.4) is 0 Å². The largest absolute Gasteiger partial charge is 0.507 e. The Balaban J connectivity index is 1.66. The molecule has 16 heteroatoms. The number of hydrazone groups is 1. The Bertz CT molecular complexity index is 2030. The number of carbonyl (C=O) groups excluding carboxylic acids is 5. The number of methoxy groups -OCH3 is 1. The van der Waals surface area contributed by atoms with Crippen LogP contribution in [0, 0.1) is 30.6 Å². The number of hydrogen-bond donors (Lipinski definition) is 4. The predicted molar refractivity (Wildman–Crippen MR) is 216 cm³/mol. The van der Waals surface area contributed by atoms with E-state index >= 15 is 0 Å². The summed E-state index contributed by atoms with van der Waals surface area (Å²) in [6.45, 7) is 14.8. The number of carbonyl (C=O) groups is 5. The molecule has 16 nitrogen and oxygen atoms in total. The Kier molecular flexibility index (Phi) is 13.7. The van der Waals surface area contributed by atoms with Crippen molar-refractivity contribution >= 4 is 35.4 Å². The number of likely N-dealkylation sites (N-methyl/N-ethyl adjacent to an activating group) is 1. The lowest BCUT2D eigenvalue weighted by molar-refractivity contribution is -0.160. The molecule has 4 heterocycles. The Morgan fingerprint density at radius 3 is 2.24 bits per heavy atom. The van der Waals surface area contributed by atoms with E-state index in [4.69, 9.17) is 18.9 Å². The fourth-order valence-electron chi connectivity index (χ4n) is 7.89. The van der Waals surface area contributed by atoms with Crippen molar-refractivity contribution in [1.29, 1.82) is 0 Å². The first-order chi connectivity index (χ1) is 27.7. The number of aliphatic hydroxyl groups excluding tert-OH is 2. The van der Waals surface area contributed by atoms with Gasteiger partial charge in [0.1, 0.15) is 23.3 Å². The highest BCUT2D eigenvalue weighted by Gasteiger charge is 2.52. The molecule has 320 valence electrons. The van der Waals surface area contributed by atoms with Crippen LogP contribution in [0.4, 0.5) is 0 Å². The fourth-order valence-corrected chi connectivity index (χ4v) is 7.89. The van der Waals surface area contributed by atoms with Crippen LogP contribution in [0.5, 0.6) is 11.5 Å². The summed E-state index contributed by atoms with van der Waals surface area (Å²) in [5.41, 5.74) is -1.82. The van der Waals surface area contributed by atoms with Crippen LogP contribution >= 0.6 is 0 Å². The zero-order chi connectivity index (χ0) is 43.7. The molecule has 5 bridgehead atoms. The second-order valence-electron chi connectivity index (χ2n) is 16.1. The number of hydrogen-bond acceptors (Lipinski definition) is 15. The minimum Gasteiger partial charge on any atom is -0.507 e. The van der Waals surface area contributed by atoms with Gasteiger partial charge < -0.3 is 44.5 Å². The Morgan fingerprint density at radius 1 is 0.949 bits per heavy atom. The van der Waals surface area contributed by atoms with Gasteiger partial charge >= 0.3 is 11.8 Å². The Labute approximate surface area is 344 Å². The maximum Gasteiger partial charge on any atom is 0.312 e. The number of benzene rings is 1. The number of aromatic hydroxyl groups is 1. The first kappa shape index (κ1) is 44.9. The molecule has 9 atom stereocenters. The van der Waals surface area contributed by atoms with E-state index < -0.39 is 106 Å². The molecule has 5 aliphatic rings. The fraction of sp³-hybridized carbons (Fsp3) is 0.535. The van der Waals surface area contributed by atoms with Crippen molar-refractivity contribution in [2.24, 2.45) is 28.8 Å². The lowest BCUT2D eigenvalue weighted by Crippen LogP contribution is -2.46. The topological polar surface area (TPSA) is 214 Å². The van der Waals surface area contributed by atoms with Crippen LogP contribution < -0.4 is 10.1 Å². The SMILES string of the molecule is CO[C@H]1/C=C/O[C@@]2(C)Oc3c(C)c(O)c4c(c3C2=O)C(=O)C(/C=N/N2CCN(C)CC2)=C(NC(=O)/C(C)=C/C=C/[C@H](C)[C@H](O)[C@@H](C)[C@@H](O)[C@@H](C)[C@H](OC(C)=O)[C@@H]1C)C4=O. The number of nitrogens with one attached hydrogen (secondary N) is 1. The number of ether oxygens (including phenoxy) is 4. The van der Waals surface area contributed by atoms with Gasteiger partial charge in [0.05, 0.1) is 53.1 Å². The number of Topliss-reactive ketones (excluding diaryl/α,β-unsaturated/α-hetero) is 3. The van der Waals surface area contributed by atoms with E-state index in [0.29, 0.717) is 26.2 Å². The van der Waals surface area contributed by atoms with Crippen LogP contribution in [0.25, 0.3) is 0 Å². The molecular weight excluding hydrogens is 764 g/mol. The van der Waals surface area contributed by atoms with E-state index in [2.05, 4.69) is 15.3 Å². The smallest absolute Gasteiger partial charge is 0.312 e. The van der Waals surface area contributed by atoms with Crippen molar-refractivity contribution in [3.8, 4) is 11.5 Å². The van der Waals surface area contributed by atoms with Gasteiger partial charge in [-0.1, -0.05) is 45.9 Å². The third kappa shape index (κ3) is 8.91. The molecule has 1 aromatic carbocycles.